The van der Waals surface area contributed by atoms with Gasteiger partial charge in [0.1, 0.15) is 0 Å². The summed E-state index contributed by atoms with van der Waals surface area (Å²) in [5.74, 6) is 0.426. The van der Waals surface area contributed by atoms with Crippen LogP contribution < -0.4 is 10.3 Å². The van der Waals surface area contributed by atoms with Crippen LogP contribution in [0, 0.1) is 0 Å². The minimum Gasteiger partial charge on any atom is -0.368 e. The van der Waals surface area contributed by atoms with E-state index in [4.69, 9.17) is 5.73 Å². The highest BCUT2D eigenvalue weighted by molar-refractivity contribution is 7.98. The quantitative estimate of drug-likeness (QED) is 0.391. The molecule has 2 rings (SSSR count). The number of fused-ring (bicyclic) bond motifs is 1. The number of nitrogens with two attached hydrogens (primary N) is 1. The minimum absolute atomic E-state index is 0.426. The van der Waals surface area contributed by atoms with E-state index in [0.29, 0.717) is 11.3 Å². The van der Waals surface area contributed by atoms with E-state index in [1.165, 1.54) is 16.6 Å². The monoisotopic (exact) mass is 211 g/mol. The van der Waals surface area contributed by atoms with Crippen LogP contribution in [0.1, 0.15) is 0 Å². The molecule has 2 aromatic rings. The fraction of sp³-hybridized carbons (Fsp3) is 0.429. The van der Waals surface area contributed by atoms with E-state index >= 15 is 0 Å². The zero-order valence-electron chi connectivity index (χ0n) is 8.22. The van der Waals surface area contributed by atoms with Gasteiger partial charge in [-0.2, -0.15) is 0 Å². The van der Waals surface area contributed by atoms with Gasteiger partial charge in [0.05, 0.1) is 14.1 Å². The Morgan fingerprint density at radius 1 is 1.43 bits per heavy atom. The Morgan fingerprint density at radius 3 is 2.79 bits per heavy atom. The second-order valence-electron chi connectivity index (χ2n) is 2.90. The first-order valence-electron chi connectivity index (χ1n) is 4.04. The molecule has 0 atom stereocenters. The minimum atomic E-state index is 0.426. The fourth-order valence-electron chi connectivity index (χ4n) is 1.29. The average molecular weight is 211 g/mol. The molecule has 0 unspecified atom stereocenters. The largest absolute Gasteiger partial charge is 0.368 e. The standard InChI is InChI=1S/C7H10N6S/c1-12-6-4(10-13(2)11-6)5(8)9-7(12)14-3/h8H,1-3H3/p+1. The predicted octanol–water partition coefficient (Wildman–Crippen LogP) is -0.508. The zero-order valence-corrected chi connectivity index (χ0v) is 9.04. The Kier molecular flexibility index (Phi) is 2.03. The highest BCUT2D eigenvalue weighted by atomic mass is 32.2. The summed E-state index contributed by atoms with van der Waals surface area (Å²) in [5.41, 5.74) is 7.16. The van der Waals surface area contributed by atoms with Gasteiger partial charge in [0.15, 0.2) is 0 Å². The number of nitrogen functional groups attached to an aromatic ring is 1. The maximum Gasteiger partial charge on any atom is 0.321 e. The van der Waals surface area contributed by atoms with Crippen LogP contribution in [0.3, 0.4) is 0 Å². The lowest BCUT2D eigenvalue weighted by atomic mass is 10.5. The maximum absolute atomic E-state index is 5.76. The molecule has 0 amide bonds. The van der Waals surface area contributed by atoms with Crippen molar-refractivity contribution in [2.24, 2.45) is 14.1 Å². The second kappa shape index (κ2) is 3.09. The predicted molar refractivity (Wildman–Crippen MR) is 53.7 cm³/mol. The van der Waals surface area contributed by atoms with Gasteiger partial charge in [0.2, 0.25) is 11.3 Å². The summed E-state index contributed by atoms with van der Waals surface area (Å²) >= 11 is 1.53. The topological polar surface area (TPSA) is 73.5 Å². The van der Waals surface area contributed by atoms with E-state index in [2.05, 4.69) is 15.2 Å². The van der Waals surface area contributed by atoms with Crippen molar-refractivity contribution in [3.63, 3.8) is 0 Å². The SMILES string of the molecule is CSc1nc(N)c2nn(C)nc2[n+]1C. The molecular weight excluding hydrogens is 200 g/mol. The molecule has 0 spiro atoms. The molecule has 0 aliphatic rings. The third-order valence-corrected chi connectivity index (χ3v) is 2.67. The zero-order chi connectivity index (χ0) is 10.3. The Bertz CT molecular complexity index is 490. The van der Waals surface area contributed by atoms with Crippen molar-refractivity contribution >= 4 is 28.7 Å². The summed E-state index contributed by atoms with van der Waals surface area (Å²) in [6.45, 7) is 0. The molecule has 0 fully saturated rings. The van der Waals surface area contributed by atoms with Gasteiger partial charge in [0.25, 0.3) is 0 Å². The summed E-state index contributed by atoms with van der Waals surface area (Å²) in [4.78, 5) is 5.71. The molecule has 2 N–H and O–H groups in total. The molecule has 0 radical (unpaired) electrons. The molecule has 0 bridgehead atoms. The van der Waals surface area contributed by atoms with E-state index in [1.54, 1.807) is 7.05 Å². The second-order valence-corrected chi connectivity index (χ2v) is 3.68. The van der Waals surface area contributed by atoms with Crippen LogP contribution >= 0.6 is 11.8 Å². The Morgan fingerprint density at radius 2 is 2.14 bits per heavy atom. The number of rotatable bonds is 1. The molecule has 2 aromatic heterocycles. The molecule has 0 aromatic carbocycles. The van der Waals surface area contributed by atoms with Crippen molar-refractivity contribution in [2.45, 2.75) is 5.16 Å². The van der Waals surface area contributed by atoms with E-state index in [-0.39, 0.29) is 0 Å². The van der Waals surface area contributed by atoms with Crippen LogP contribution in [0.15, 0.2) is 5.16 Å². The Labute approximate surface area is 85.1 Å². The van der Waals surface area contributed by atoms with Crippen LogP contribution in [-0.4, -0.2) is 26.2 Å². The Hall–Kier alpha value is -1.37. The van der Waals surface area contributed by atoms with Crippen molar-refractivity contribution < 1.29 is 4.57 Å². The third-order valence-electron chi connectivity index (χ3n) is 1.94. The molecule has 7 heteroatoms. The van der Waals surface area contributed by atoms with Gasteiger partial charge in [-0.3, -0.25) is 0 Å². The summed E-state index contributed by atoms with van der Waals surface area (Å²) in [6, 6.07) is 0. The van der Waals surface area contributed by atoms with E-state index in [0.717, 1.165) is 10.8 Å². The summed E-state index contributed by atoms with van der Waals surface area (Å²) in [5, 5.41) is 9.18. The van der Waals surface area contributed by atoms with E-state index < -0.39 is 0 Å². The molecule has 0 saturated heterocycles. The van der Waals surface area contributed by atoms with Crippen molar-refractivity contribution in [3.8, 4) is 0 Å². The number of thioether (sulfide) groups is 1. The van der Waals surface area contributed by atoms with Crippen LogP contribution in [0.5, 0.6) is 0 Å². The van der Waals surface area contributed by atoms with Gasteiger partial charge in [-0.1, -0.05) is 16.7 Å². The van der Waals surface area contributed by atoms with Gasteiger partial charge < -0.3 is 5.73 Å². The first kappa shape index (κ1) is 9.20. The molecular formula is C7H11N6S+. The van der Waals surface area contributed by atoms with Crippen LogP contribution in [0.25, 0.3) is 11.2 Å². The number of hydrogen-bond donors (Lipinski definition) is 1. The third kappa shape index (κ3) is 1.20. The molecule has 74 valence electrons. The first-order valence-corrected chi connectivity index (χ1v) is 5.26. The number of aryl methyl sites for hydroxylation is 2. The maximum atomic E-state index is 5.76. The van der Waals surface area contributed by atoms with Crippen LogP contribution in [0.2, 0.25) is 0 Å². The number of aromatic nitrogens is 5. The molecule has 2 heterocycles. The summed E-state index contributed by atoms with van der Waals surface area (Å²) in [7, 11) is 3.66. The lowest BCUT2D eigenvalue weighted by molar-refractivity contribution is -0.689. The molecule has 6 nitrogen and oxygen atoms in total. The molecule has 14 heavy (non-hydrogen) atoms. The first-order chi connectivity index (χ1) is 6.63. The molecule has 0 aliphatic heterocycles. The number of anilines is 1. The van der Waals surface area contributed by atoms with Crippen LogP contribution in [-0.2, 0) is 14.1 Å². The van der Waals surface area contributed by atoms with Crippen molar-refractivity contribution in [3.05, 3.63) is 0 Å². The number of hydrogen-bond acceptors (Lipinski definition) is 5. The average Bonchev–Trinajstić information content (AvgIpc) is 2.54. The van der Waals surface area contributed by atoms with E-state index in [9.17, 15) is 0 Å². The molecule has 0 saturated carbocycles. The fourth-order valence-corrected chi connectivity index (χ4v) is 1.84. The normalized spacial score (nSPS) is 11.1. The van der Waals surface area contributed by atoms with Gasteiger partial charge >= 0.3 is 10.8 Å². The Balaban J connectivity index is 2.86. The van der Waals surface area contributed by atoms with Crippen LogP contribution in [0.4, 0.5) is 5.82 Å². The van der Waals surface area contributed by atoms with Gasteiger partial charge in [-0.05, 0) is 6.26 Å². The highest BCUT2D eigenvalue weighted by Crippen LogP contribution is 2.15. The van der Waals surface area contributed by atoms with E-state index in [1.807, 2.05) is 17.9 Å². The number of nitrogens with zero attached hydrogens (tertiary/aromatic N) is 5. The summed E-state index contributed by atoms with van der Waals surface area (Å²) in [6.07, 6.45) is 1.95. The van der Waals surface area contributed by atoms with Gasteiger partial charge in [0, 0.05) is 5.10 Å². The summed E-state index contributed by atoms with van der Waals surface area (Å²) < 4.78 is 1.88. The highest BCUT2D eigenvalue weighted by Gasteiger charge is 2.20. The van der Waals surface area contributed by atoms with Crippen molar-refractivity contribution in [2.75, 3.05) is 12.0 Å². The lowest BCUT2D eigenvalue weighted by Gasteiger charge is -1.96. The van der Waals surface area contributed by atoms with Crippen molar-refractivity contribution in [1.29, 1.82) is 0 Å². The van der Waals surface area contributed by atoms with Gasteiger partial charge in [-0.25, -0.2) is 4.57 Å². The van der Waals surface area contributed by atoms with Crippen molar-refractivity contribution in [1.82, 2.24) is 20.0 Å². The smallest absolute Gasteiger partial charge is 0.321 e. The lowest BCUT2D eigenvalue weighted by Crippen LogP contribution is -2.34. The molecule has 0 aliphatic carbocycles. The van der Waals surface area contributed by atoms with Gasteiger partial charge in [-0.15, -0.1) is 9.90 Å².